The highest BCUT2D eigenvalue weighted by Gasteiger charge is 2.04. The molecule has 4 heteroatoms. The smallest absolute Gasteiger partial charge is 0.0291 e. The van der Waals surface area contributed by atoms with Crippen LogP contribution in [0.1, 0.15) is 49.9 Å². The van der Waals surface area contributed by atoms with Crippen LogP contribution in [0.4, 0.5) is 0 Å². The Morgan fingerprint density at radius 2 is 1.04 bits per heavy atom. The highest BCUT2D eigenvalue weighted by atomic mass is 33.1. The molecule has 2 aromatic rings. The largest absolute Gasteiger partial charge is 0.310 e. The fourth-order valence-electron chi connectivity index (χ4n) is 2.74. The van der Waals surface area contributed by atoms with Gasteiger partial charge in [-0.3, -0.25) is 0 Å². The second-order valence-electron chi connectivity index (χ2n) is 6.52. The molecule has 0 radical (unpaired) electrons. The van der Waals surface area contributed by atoms with Gasteiger partial charge in [0, 0.05) is 23.6 Å². The Kier molecular flexibility index (Phi) is 10.9. The van der Waals surface area contributed by atoms with Gasteiger partial charge in [-0.2, -0.15) is 0 Å². The predicted octanol–water partition coefficient (Wildman–Crippen LogP) is 5.85. The van der Waals surface area contributed by atoms with Gasteiger partial charge in [0.05, 0.1) is 0 Å². The molecule has 0 fully saturated rings. The minimum atomic E-state index is 0.437. The molecule has 0 spiro atoms. The van der Waals surface area contributed by atoms with Gasteiger partial charge in [-0.25, -0.2) is 0 Å². The van der Waals surface area contributed by atoms with E-state index in [1.807, 2.05) is 21.6 Å². The molecule has 2 aromatic carbocycles. The highest BCUT2D eigenvalue weighted by molar-refractivity contribution is 8.76. The van der Waals surface area contributed by atoms with Crippen LogP contribution in [0, 0.1) is 0 Å². The Bertz CT molecular complexity index is 524. The molecule has 0 amide bonds. The third kappa shape index (κ3) is 8.63. The summed E-state index contributed by atoms with van der Waals surface area (Å²) in [6.07, 6.45) is 2.44. The lowest BCUT2D eigenvalue weighted by Gasteiger charge is -2.14. The fourth-order valence-corrected chi connectivity index (χ4v) is 4.91. The van der Waals surface area contributed by atoms with E-state index < -0.39 is 0 Å². The molecular weight excluding hydrogens is 356 g/mol. The number of rotatable bonds is 13. The van der Waals surface area contributed by atoms with Crippen molar-refractivity contribution in [3.8, 4) is 0 Å². The first-order valence-corrected chi connectivity index (χ1v) is 12.1. The van der Waals surface area contributed by atoms with Crippen LogP contribution < -0.4 is 10.6 Å². The maximum Gasteiger partial charge on any atom is 0.0291 e. The van der Waals surface area contributed by atoms with Gasteiger partial charge in [0.1, 0.15) is 0 Å². The summed E-state index contributed by atoms with van der Waals surface area (Å²) < 4.78 is 0. The van der Waals surface area contributed by atoms with Gasteiger partial charge in [0.2, 0.25) is 0 Å². The third-order valence-corrected chi connectivity index (χ3v) is 6.97. The van der Waals surface area contributed by atoms with E-state index in [-0.39, 0.29) is 0 Å². The Hall–Kier alpha value is -0.940. The van der Waals surface area contributed by atoms with Crippen LogP contribution in [0.3, 0.4) is 0 Å². The molecule has 2 N–H and O–H groups in total. The standard InChI is InChI=1S/C22H32N2S2/c1-19(21-11-5-3-6-12-21)23-15-9-17-25-26-18-10-16-24-20(2)22-13-7-4-8-14-22/h3-8,11-14,19-20,23-24H,9-10,15-18H2,1-2H3. The molecule has 2 unspecified atom stereocenters. The molecule has 2 rings (SSSR count). The average Bonchev–Trinajstić information content (AvgIpc) is 2.70. The van der Waals surface area contributed by atoms with Crippen molar-refractivity contribution >= 4 is 21.6 Å². The summed E-state index contributed by atoms with van der Waals surface area (Å²) in [6, 6.07) is 22.2. The van der Waals surface area contributed by atoms with Crippen LogP contribution in [-0.2, 0) is 0 Å². The minimum absolute atomic E-state index is 0.437. The second-order valence-corrected chi connectivity index (χ2v) is 9.23. The van der Waals surface area contributed by atoms with Gasteiger partial charge >= 0.3 is 0 Å². The zero-order chi connectivity index (χ0) is 18.5. The number of benzene rings is 2. The van der Waals surface area contributed by atoms with Gasteiger partial charge in [-0.15, -0.1) is 0 Å². The van der Waals surface area contributed by atoms with E-state index in [0.29, 0.717) is 12.1 Å². The van der Waals surface area contributed by atoms with Gasteiger partial charge in [-0.1, -0.05) is 82.3 Å². The van der Waals surface area contributed by atoms with E-state index in [1.165, 1.54) is 35.5 Å². The van der Waals surface area contributed by atoms with Crippen LogP contribution in [0.5, 0.6) is 0 Å². The quantitative estimate of drug-likeness (QED) is 0.332. The summed E-state index contributed by atoms with van der Waals surface area (Å²) in [4.78, 5) is 0. The molecule has 0 aromatic heterocycles. The molecule has 0 saturated carbocycles. The van der Waals surface area contributed by atoms with Crippen LogP contribution >= 0.6 is 21.6 Å². The Morgan fingerprint density at radius 3 is 1.42 bits per heavy atom. The molecule has 0 aliphatic heterocycles. The van der Waals surface area contributed by atoms with E-state index >= 15 is 0 Å². The first-order valence-electron chi connectivity index (χ1n) is 9.58. The number of nitrogens with one attached hydrogen (secondary N) is 2. The summed E-state index contributed by atoms with van der Waals surface area (Å²) in [6.45, 7) is 6.64. The molecular formula is C22H32N2S2. The summed E-state index contributed by atoms with van der Waals surface area (Å²) in [5.41, 5.74) is 2.73. The summed E-state index contributed by atoms with van der Waals surface area (Å²) >= 11 is 0. The van der Waals surface area contributed by atoms with Crippen molar-refractivity contribution in [1.82, 2.24) is 10.6 Å². The van der Waals surface area contributed by atoms with Gasteiger partial charge in [-0.05, 0) is 50.9 Å². The molecule has 0 bridgehead atoms. The van der Waals surface area contributed by atoms with Crippen molar-refractivity contribution in [2.24, 2.45) is 0 Å². The van der Waals surface area contributed by atoms with E-state index in [9.17, 15) is 0 Å². The lowest BCUT2D eigenvalue weighted by molar-refractivity contribution is 0.572. The molecule has 0 aliphatic rings. The first kappa shape index (κ1) is 21.4. The van der Waals surface area contributed by atoms with E-state index in [1.54, 1.807) is 0 Å². The zero-order valence-corrected chi connectivity index (χ0v) is 17.6. The van der Waals surface area contributed by atoms with Crippen LogP contribution in [0.25, 0.3) is 0 Å². The van der Waals surface area contributed by atoms with E-state index in [4.69, 9.17) is 0 Å². The van der Waals surface area contributed by atoms with Crippen molar-refractivity contribution in [2.75, 3.05) is 24.6 Å². The van der Waals surface area contributed by atoms with Crippen LogP contribution in [0.2, 0.25) is 0 Å². The van der Waals surface area contributed by atoms with Gasteiger partial charge < -0.3 is 10.6 Å². The minimum Gasteiger partial charge on any atom is -0.310 e. The Morgan fingerprint density at radius 1 is 0.654 bits per heavy atom. The molecule has 0 heterocycles. The second kappa shape index (κ2) is 13.3. The Labute approximate surface area is 167 Å². The van der Waals surface area contributed by atoms with Crippen molar-refractivity contribution in [2.45, 2.75) is 38.8 Å². The predicted molar refractivity (Wildman–Crippen MR) is 120 cm³/mol. The van der Waals surface area contributed by atoms with E-state index in [0.717, 1.165) is 13.1 Å². The van der Waals surface area contributed by atoms with Crippen LogP contribution in [0.15, 0.2) is 60.7 Å². The van der Waals surface area contributed by atoms with E-state index in [2.05, 4.69) is 85.1 Å². The van der Waals surface area contributed by atoms with Crippen molar-refractivity contribution in [3.63, 3.8) is 0 Å². The van der Waals surface area contributed by atoms with Gasteiger partial charge in [0.25, 0.3) is 0 Å². The molecule has 142 valence electrons. The van der Waals surface area contributed by atoms with Crippen molar-refractivity contribution in [3.05, 3.63) is 71.8 Å². The Balaban J connectivity index is 1.40. The summed E-state index contributed by atoms with van der Waals surface area (Å²) in [7, 11) is 4.01. The summed E-state index contributed by atoms with van der Waals surface area (Å²) in [5.74, 6) is 2.43. The monoisotopic (exact) mass is 388 g/mol. The fraction of sp³-hybridized carbons (Fsp3) is 0.455. The molecule has 2 atom stereocenters. The number of hydrogen-bond donors (Lipinski definition) is 2. The SMILES string of the molecule is CC(NCCCSSCCCNC(C)c1ccccc1)c1ccccc1. The third-order valence-electron chi connectivity index (χ3n) is 4.39. The number of hydrogen-bond acceptors (Lipinski definition) is 4. The van der Waals surface area contributed by atoms with Crippen molar-refractivity contribution < 1.29 is 0 Å². The maximum absolute atomic E-state index is 3.61. The molecule has 0 saturated heterocycles. The van der Waals surface area contributed by atoms with Gasteiger partial charge in [0.15, 0.2) is 0 Å². The normalized spacial score (nSPS) is 13.5. The lowest BCUT2D eigenvalue weighted by atomic mass is 10.1. The lowest BCUT2D eigenvalue weighted by Crippen LogP contribution is -2.20. The highest BCUT2D eigenvalue weighted by Crippen LogP contribution is 2.22. The van der Waals surface area contributed by atoms with Crippen LogP contribution in [-0.4, -0.2) is 24.6 Å². The topological polar surface area (TPSA) is 24.1 Å². The van der Waals surface area contributed by atoms with Crippen molar-refractivity contribution in [1.29, 1.82) is 0 Å². The first-order chi connectivity index (χ1) is 12.8. The molecule has 26 heavy (non-hydrogen) atoms. The zero-order valence-electron chi connectivity index (χ0n) is 16.0. The maximum atomic E-state index is 3.61. The summed E-state index contributed by atoms with van der Waals surface area (Å²) in [5, 5.41) is 7.21. The molecule has 0 aliphatic carbocycles. The molecule has 2 nitrogen and oxygen atoms in total. The average molecular weight is 389 g/mol.